The summed E-state index contributed by atoms with van der Waals surface area (Å²) in [6.07, 6.45) is 0.965. The van der Waals surface area contributed by atoms with Crippen LogP contribution in [0.15, 0.2) is 40.9 Å². The minimum absolute atomic E-state index is 0.0594. The zero-order valence-corrected chi connectivity index (χ0v) is 15.8. The minimum Gasteiger partial charge on any atom is -0.377 e. The summed E-state index contributed by atoms with van der Waals surface area (Å²) < 4.78 is 10.0. The Kier molecular flexibility index (Phi) is 5.40. The number of nitrogens with one attached hydrogen (secondary N) is 1. The summed E-state index contributed by atoms with van der Waals surface area (Å²) in [4.78, 5) is 29.6. The predicted molar refractivity (Wildman–Crippen MR) is 101 cm³/mol. The first-order valence-electron chi connectivity index (χ1n) is 9.48. The highest BCUT2D eigenvalue weighted by Gasteiger charge is 2.40. The van der Waals surface area contributed by atoms with Gasteiger partial charge in [-0.15, -0.1) is 0 Å². The van der Waals surface area contributed by atoms with E-state index in [1.165, 1.54) is 0 Å². The van der Waals surface area contributed by atoms with Crippen molar-refractivity contribution in [2.24, 2.45) is 0 Å². The van der Waals surface area contributed by atoms with Gasteiger partial charge in [-0.05, 0) is 18.6 Å². The van der Waals surface area contributed by atoms with Gasteiger partial charge < -0.3 is 19.5 Å². The minimum atomic E-state index is -0.284. The normalized spacial score (nSPS) is 23.6. The molecule has 1 aromatic heterocycles. The van der Waals surface area contributed by atoms with Gasteiger partial charge in [0.15, 0.2) is 11.5 Å². The Balaban J connectivity index is 1.39. The van der Waals surface area contributed by atoms with Crippen molar-refractivity contribution in [2.75, 3.05) is 33.3 Å². The number of nitrogens with zero attached hydrogens (tertiary/aromatic N) is 3. The second-order valence-electron chi connectivity index (χ2n) is 7.24. The largest absolute Gasteiger partial charge is 0.377 e. The maximum Gasteiger partial charge on any atom is 0.273 e. The first kappa shape index (κ1) is 18.6. The second-order valence-corrected chi connectivity index (χ2v) is 7.24. The van der Waals surface area contributed by atoms with E-state index in [1.807, 2.05) is 35.2 Å². The third-order valence-electron chi connectivity index (χ3n) is 5.42. The molecule has 0 saturated carbocycles. The molecule has 0 radical (unpaired) electrons. The number of hydrogen-bond donors (Lipinski definition) is 1. The van der Waals surface area contributed by atoms with Crippen LogP contribution in [-0.4, -0.2) is 72.1 Å². The SMILES string of the molecule is COCc1cc(C(=O)NCC2CN(C(=O)c3ccccc3)C3CCN2C3)no1. The lowest BCUT2D eigenvalue weighted by molar-refractivity contribution is 0.0493. The zero-order valence-electron chi connectivity index (χ0n) is 15.8. The molecule has 2 fully saturated rings. The quantitative estimate of drug-likeness (QED) is 0.804. The summed E-state index contributed by atoms with van der Waals surface area (Å²) in [7, 11) is 1.55. The Morgan fingerprint density at radius 1 is 1.29 bits per heavy atom. The van der Waals surface area contributed by atoms with Gasteiger partial charge in [0, 0.05) is 57.0 Å². The van der Waals surface area contributed by atoms with Crippen molar-refractivity contribution in [2.45, 2.75) is 25.1 Å². The molecule has 0 spiro atoms. The smallest absolute Gasteiger partial charge is 0.273 e. The molecule has 3 unspecified atom stereocenters. The predicted octanol–water partition coefficient (Wildman–Crippen LogP) is 1.15. The van der Waals surface area contributed by atoms with Gasteiger partial charge in [-0.1, -0.05) is 23.4 Å². The van der Waals surface area contributed by atoms with E-state index in [2.05, 4.69) is 15.4 Å². The number of aromatic nitrogens is 1. The van der Waals surface area contributed by atoms with Crippen molar-refractivity contribution in [3.8, 4) is 0 Å². The van der Waals surface area contributed by atoms with Gasteiger partial charge in [0.2, 0.25) is 0 Å². The maximum atomic E-state index is 12.9. The van der Waals surface area contributed by atoms with E-state index >= 15 is 0 Å². The van der Waals surface area contributed by atoms with Crippen LogP contribution in [0.5, 0.6) is 0 Å². The van der Waals surface area contributed by atoms with Crippen LogP contribution in [0.1, 0.15) is 33.0 Å². The summed E-state index contributed by atoms with van der Waals surface area (Å²) in [5.74, 6) is 0.282. The van der Waals surface area contributed by atoms with E-state index in [9.17, 15) is 9.59 Å². The van der Waals surface area contributed by atoms with Crippen molar-refractivity contribution in [1.29, 1.82) is 0 Å². The number of carbonyl (C=O) groups is 2. The summed E-state index contributed by atoms with van der Waals surface area (Å²) in [6.45, 7) is 3.12. The lowest BCUT2D eigenvalue weighted by Crippen LogP contribution is -2.57. The van der Waals surface area contributed by atoms with Gasteiger partial charge in [0.25, 0.3) is 11.8 Å². The Hall–Kier alpha value is -2.71. The lowest BCUT2D eigenvalue weighted by atomic mass is 10.1. The average molecular weight is 384 g/mol. The molecular weight excluding hydrogens is 360 g/mol. The standard InChI is InChI=1S/C20H24N4O4/c1-27-13-17-9-18(22-28-17)19(25)21-10-16-12-24(15-7-8-23(16)11-15)20(26)14-5-3-2-4-6-14/h2-6,9,15-16H,7-8,10-13H2,1H3,(H,21,25). The second kappa shape index (κ2) is 8.12. The molecule has 0 aliphatic carbocycles. The molecule has 3 heterocycles. The number of rotatable bonds is 6. The number of fused-ring (bicyclic) bond motifs is 2. The van der Waals surface area contributed by atoms with Crippen LogP contribution in [0.2, 0.25) is 0 Å². The van der Waals surface area contributed by atoms with E-state index in [0.29, 0.717) is 24.4 Å². The molecule has 2 aliphatic rings. The van der Waals surface area contributed by atoms with Crippen LogP contribution in [0, 0.1) is 0 Å². The van der Waals surface area contributed by atoms with Crippen LogP contribution in [0.3, 0.4) is 0 Å². The number of piperazine rings is 1. The molecule has 1 N–H and O–H groups in total. The van der Waals surface area contributed by atoms with Crippen LogP contribution < -0.4 is 5.32 Å². The lowest BCUT2D eigenvalue weighted by Gasteiger charge is -2.40. The zero-order chi connectivity index (χ0) is 19.5. The molecule has 2 aliphatic heterocycles. The topological polar surface area (TPSA) is 87.9 Å². The van der Waals surface area contributed by atoms with Crippen LogP contribution in [0.25, 0.3) is 0 Å². The fraction of sp³-hybridized carbons (Fsp3) is 0.450. The third-order valence-corrected chi connectivity index (χ3v) is 5.42. The summed E-state index contributed by atoms with van der Waals surface area (Å²) in [6, 6.07) is 11.3. The van der Waals surface area contributed by atoms with Crippen LogP contribution in [-0.2, 0) is 11.3 Å². The first-order valence-corrected chi connectivity index (χ1v) is 9.48. The molecule has 3 atom stereocenters. The molecular formula is C20H24N4O4. The number of benzene rings is 1. The van der Waals surface area contributed by atoms with E-state index in [4.69, 9.17) is 9.26 Å². The van der Waals surface area contributed by atoms with E-state index < -0.39 is 0 Å². The van der Waals surface area contributed by atoms with Crippen molar-refractivity contribution in [3.63, 3.8) is 0 Å². The van der Waals surface area contributed by atoms with Crippen LogP contribution >= 0.6 is 0 Å². The Morgan fingerprint density at radius 3 is 2.89 bits per heavy atom. The number of ether oxygens (including phenoxy) is 1. The number of methoxy groups -OCH3 is 1. The summed E-state index contributed by atoms with van der Waals surface area (Å²) in [5.41, 5.74) is 0.943. The van der Waals surface area contributed by atoms with Crippen molar-refractivity contribution < 1.29 is 18.8 Å². The molecule has 2 amide bonds. The molecule has 28 heavy (non-hydrogen) atoms. The van der Waals surface area contributed by atoms with E-state index in [-0.39, 0.29) is 36.2 Å². The Bertz CT molecular complexity index is 838. The third kappa shape index (κ3) is 3.79. The molecule has 1 aromatic carbocycles. The first-order chi connectivity index (χ1) is 13.7. The highest BCUT2D eigenvalue weighted by atomic mass is 16.5. The van der Waals surface area contributed by atoms with Crippen LogP contribution in [0.4, 0.5) is 0 Å². The van der Waals surface area contributed by atoms with Crippen molar-refractivity contribution in [1.82, 2.24) is 20.3 Å². The molecule has 148 valence electrons. The molecule has 8 nitrogen and oxygen atoms in total. The average Bonchev–Trinajstić information content (AvgIpc) is 3.36. The summed E-state index contributed by atoms with van der Waals surface area (Å²) >= 11 is 0. The van der Waals surface area contributed by atoms with Gasteiger partial charge in [0.05, 0.1) is 0 Å². The number of hydrogen-bond acceptors (Lipinski definition) is 6. The fourth-order valence-electron chi connectivity index (χ4n) is 3.97. The number of carbonyl (C=O) groups excluding carboxylic acids is 2. The van der Waals surface area contributed by atoms with Crippen molar-refractivity contribution in [3.05, 3.63) is 53.4 Å². The molecule has 2 bridgehead atoms. The monoisotopic (exact) mass is 384 g/mol. The van der Waals surface area contributed by atoms with Gasteiger partial charge >= 0.3 is 0 Å². The Labute approximate surface area is 163 Å². The summed E-state index contributed by atoms with van der Waals surface area (Å²) in [5, 5.41) is 6.71. The molecule has 2 saturated heterocycles. The fourth-order valence-corrected chi connectivity index (χ4v) is 3.97. The molecule has 8 heteroatoms. The van der Waals surface area contributed by atoms with Gasteiger partial charge in [-0.25, -0.2) is 0 Å². The maximum absolute atomic E-state index is 12.9. The van der Waals surface area contributed by atoms with E-state index in [1.54, 1.807) is 13.2 Å². The van der Waals surface area contributed by atoms with Gasteiger partial charge in [-0.3, -0.25) is 14.5 Å². The molecule has 4 rings (SSSR count). The highest BCUT2D eigenvalue weighted by molar-refractivity contribution is 5.94. The molecule has 2 aromatic rings. The number of amides is 2. The van der Waals surface area contributed by atoms with E-state index in [0.717, 1.165) is 19.5 Å². The van der Waals surface area contributed by atoms with Crippen molar-refractivity contribution >= 4 is 11.8 Å². The highest BCUT2D eigenvalue weighted by Crippen LogP contribution is 2.26. The van der Waals surface area contributed by atoms with Gasteiger partial charge in [0.1, 0.15) is 6.61 Å². The van der Waals surface area contributed by atoms with Gasteiger partial charge in [-0.2, -0.15) is 0 Å². The Morgan fingerprint density at radius 2 is 2.11 bits per heavy atom.